The first-order valence-corrected chi connectivity index (χ1v) is 7.77. The molecule has 22 heavy (non-hydrogen) atoms. The van der Waals surface area contributed by atoms with Crippen LogP contribution in [0.4, 0.5) is 5.69 Å². The van der Waals surface area contributed by atoms with Gasteiger partial charge in [-0.15, -0.1) is 0 Å². The molecule has 116 valence electrons. The first-order valence-electron chi connectivity index (χ1n) is 7.39. The third-order valence-electron chi connectivity index (χ3n) is 4.02. The average Bonchev–Trinajstić information content (AvgIpc) is 2.58. The van der Waals surface area contributed by atoms with E-state index in [1.807, 2.05) is 35.2 Å². The monoisotopic (exact) mass is 319 g/mol. The number of aliphatic hydroxyl groups excluding tert-OH is 1. The average molecular weight is 320 g/mol. The molecule has 0 amide bonds. The van der Waals surface area contributed by atoms with E-state index >= 15 is 0 Å². The molecular weight excluding hydrogens is 302 g/mol. The molecule has 0 unspecified atom stereocenters. The van der Waals surface area contributed by atoms with E-state index in [0.29, 0.717) is 17.9 Å². The summed E-state index contributed by atoms with van der Waals surface area (Å²) in [6, 6.07) is 9.21. The summed E-state index contributed by atoms with van der Waals surface area (Å²) in [6.45, 7) is 1.68. The lowest BCUT2D eigenvalue weighted by Gasteiger charge is -2.33. The van der Waals surface area contributed by atoms with Crippen molar-refractivity contribution in [2.45, 2.75) is 12.8 Å². The summed E-state index contributed by atoms with van der Waals surface area (Å²) >= 11 is 6.30. The van der Waals surface area contributed by atoms with Gasteiger partial charge < -0.3 is 10.0 Å². The normalized spacial score (nSPS) is 18.5. The summed E-state index contributed by atoms with van der Waals surface area (Å²) in [7, 11) is 0. The highest BCUT2D eigenvalue weighted by atomic mass is 35.5. The SMILES string of the molecule is O=c1c(Cl)c(N2CCC[C@H](CO)C2)cnn1-c1ccccc1. The second kappa shape index (κ2) is 6.50. The van der Waals surface area contributed by atoms with Crippen LogP contribution in [0.5, 0.6) is 0 Å². The smallest absolute Gasteiger partial charge is 0.292 e. The number of benzene rings is 1. The van der Waals surface area contributed by atoms with Crippen LogP contribution in [0.3, 0.4) is 0 Å². The van der Waals surface area contributed by atoms with Crippen LogP contribution in [0.2, 0.25) is 5.02 Å². The topological polar surface area (TPSA) is 58.4 Å². The summed E-state index contributed by atoms with van der Waals surface area (Å²) < 4.78 is 1.30. The molecule has 1 atom stereocenters. The minimum Gasteiger partial charge on any atom is -0.396 e. The van der Waals surface area contributed by atoms with Crippen molar-refractivity contribution in [3.63, 3.8) is 0 Å². The van der Waals surface area contributed by atoms with Gasteiger partial charge in [-0.2, -0.15) is 9.78 Å². The molecule has 1 aromatic heterocycles. The highest BCUT2D eigenvalue weighted by Crippen LogP contribution is 2.26. The number of rotatable bonds is 3. The van der Waals surface area contributed by atoms with E-state index in [2.05, 4.69) is 5.10 Å². The van der Waals surface area contributed by atoms with Crippen molar-refractivity contribution in [2.24, 2.45) is 5.92 Å². The number of hydrogen-bond acceptors (Lipinski definition) is 4. The van der Waals surface area contributed by atoms with Crippen molar-refractivity contribution in [2.75, 3.05) is 24.6 Å². The van der Waals surface area contributed by atoms with Gasteiger partial charge in [0.05, 0.1) is 17.6 Å². The molecule has 1 aliphatic heterocycles. The van der Waals surface area contributed by atoms with Crippen LogP contribution < -0.4 is 10.5 Å². The lowest BCUT2D eigenvalue weighted by Crippen LogP contribution is -2.38. The highest BCUT2D eigenvalue weighted by molar-refractivity contribution is 6.33. The number of piperidine rings is 1. The molecule has 5 nitrogen and oxygen atoms in total. The van der Waals surface area contributed by atoms with Gasteiger partial charge in [-0.3, -0.25) is 4.79 Å². The number of aromatic nitrogens is 2. The molecule has 0 spiro atoms. The second-order valence-electron chi connectivity index (χ2n) is 5.53. The van der Waals surface area contributed by atoms with Crippen LogP contribution in [-0.4, -0.2) is 34.6 Å². The summed E-state index contributed by atoms with van der Waals surface area (Å²) in [5.74, 6) is 0.223. The molecule has 1 aromatic carbocycles. The molecule has 1 N–H and O–H groups in total. The fourth-order valence-corrected chi connectivity index (χ4v) is 3.08. The Morgan fingerprint density at radius 1 is 1.32 bits per heavy atom. The van der Waals surface area contributed by atoms with Gasteiger partial charge in [0.1, 0.15) is 5.02 Å². The number of aliphatic hydroxyl groups is 1. The lowest BCUT2D eigenvalue weighted by atomic mass is 9.99. The number of hydrogen-bond donors (Lipinski definition) is 1. The van der Waals surface area contributed by atoms with Crippen LogP contribution in [0.15, 0.2) is 41.3 Å². The van der Waals surface area contributed by atoms with Gasteiger partial charge in [0.25, 0.3) is 5.56 Å². The van der Waals surface area contributed by atoms with Gasteiger partial charge in [0.15, 0.2) is 0 Å². The number of halogens is 1. The third kappa shape index (κ3) is 2.87. The summed E-state index contributed by atoms with van der Waals surface area (Å²) in [4.78, 5) is 14.5. The molecule has 6 heteroatoms. The Bertz CT molecular complexity index is 702. The van der Waals surface area contributed by atoms with Crippen molar-refractivity contribution in [1.82, 2.24) is 9.78 Å². The standard InChI is InChI=1S/C16H18ClN3O2/c17-15-14(19-8-4-5-12(10-19)11-21)9-18-20(16(15)22)13-6-2-1-3-7-13/h1-3,6-7,9,12,21H,4-5,8,10-11H2/t12-/m0/s1. The predicted octanol–water partition coefficient (Wildman–Crippen LogP) is 2.09. The van der Waals surface area contributed by atoms with Crippen molar-refractivity contribution in [3.05, 3.63) is 51.9 Å². The van der Waals surface area contributed by atoms with E-state index in [1.165, 1.54) is 4.68 Å². The molecular formula is C16H18ClN3O2. The molecule has 0 radical (unpaired) electrons. The van der Waals surface area contributed by atoms with E-state index in [1.54, 1.807) is 6.20 Å². The van der Waals surface area contributed by atoms with Gasteiger partial charge in [-0.05, 0) is 30.9 Å². The molecule has 3 rings (SSSR count). The Morgan fingerprint density at radius 3 is 2.82 bits per heavy atom. The molecule has 1 aliphatic rings. The van der Waals surface area contributed by atoms with Gasteiger partial charge in [-0.1, -0.05) is 29.8 Å². The fraction of sp³-hybridized carbons (Fsp3) is 0.375. The maximum Gasteiger partial charge on any atom is 0.292 e. The van der Waals surface area contributed by atoms with Gasteiger partial charge in [0.2, 0.25) is 0 Å². The first kappa shape index (κ1) is 15.1. The molecule has 0 aliphatic carbocycles. The summed E-state index contributed by atoms with van der Waals surface area (Å²) in [5, 5.41) is 13.8. The Hall–Kier alpha value is -1.85. The zero-order valence-corrected chi connectivity index (χ0v) is 12.9. The number of nitrogens with zero attached hydrogens (tertiary/aromatic N) is 3. The van der Waals surface area contributed by atoms with Crippen molar-refractivity contribution in [3.8, 4) is 5.69 Å². The molecule has 1 saturated heterocycles. The Balaban J connectivity index is 1.95. The minimum absolute atomic E-state index is 0.155. The quantitative estimate of drug-likeness (QED) is 0.941. The van der Waals surface area contributed by atoms with Crippen molar-refractivity contribution < 1.29 is 5.11 Å². The van der Waals surface area contributed by atoms with Crippen LogP contribution in [0, 0.1) is 5.92 Å². The minimum atomic E-state index is -0.323. The van der Waals surface area contributed by atoms with Crippen LogP contribution >= 0.6 is 11.6 Å². The largest absolute Gasteiger partial charge is 0.396 e. The second-order valence-corrected chi connectivity index (χ2v) is 5.91. The van der Waals surface area contributed by atoms with Crippen LogP contribution in [0.1, 0.15) is 12.8 Å². The maximum atomic E-state index is 12.5. The summed E-state index contributed by atoms with van der Waals surface area (Å²) in [6.07, 6.45) is 3.61. The Morgan fingerprint density at radius 2 is 2.09 bits per heavy atom. The number of para-hydroxylation sites is 1. The maximum absolute atomic E-state index is 12.5. The van der Waals surface area contributed by atoms with Crippen LogP contribution in [0.25, 0.3) is 5.69 Å². The molecule has 2 aromatic rings. The number of anilines is 1. The van der Waals surface area contributed by atoms with Crippen LogP contribution in [-0.2, 0) is 0 Å². The van der Waals surface area contributed by atoms with Gasteiger partial charge >= 0.3 is 0 Å². The lowest BCUT2D eigenvalue weighted by molar-refractivity contribution is 0.208. The van der Waals surface area contributed by atoms with Crippen molar-refractivity contribution >= 4 is 17.3 Å². The van der Waals surface area contributed by atoms with Crippen molar-refractivity contribution in [1.29, 1.82) is 0 Å². The Labute approximate surface area is 133 Å². The van der Waals surface area contributed by atoms with Gasteiger partial charge in [-0.25, -0.2) is 0 Å². The third-order valence-corrected chi connectivity index (χ3v) is 4.37. The molecule has 2 heterocycles. The van der Waals surface area contributed by atoms with Gasteiger partial charge in [0, 0.05) is 19.7 Å². The molecule has 0 saturated carbocycles. The first-order chi connectivity index (χ1) is 10.7. The van der Waals surface area contributed by atoms with E-state index in [4.69, 9.17) is 11.6 Å². The Kier molecular flexibility index (Phi) is 4.45. The van der Waals surface area contributed by atoms with E-state index < -0.39 is 0 Å². The molecule has 0 bridgehead atoms. The van der Waals surface area contributed by atoms with E-state index in [-0.39, 0.29) is 23.1 Å². The van der Waals surface area contributed by atoms with E-state index in [0.717, 1.165) is 19.4 Å². The molecule has 1 fully saturated rings. The zero-order valence-electron chi connectivity index (χ0n) is 12.2. The van der Waals surface area contributed by atoms with E-state index in [9.17, 15) is 9.90 Å². The highest BCUT2D eigenvalue weighted by Gasteiger charge is 2.23. The fourth-order valence-electron chi connectivity index (χ4n) is 2.83. The zero-order chi connectivity index (χ0) is 15.5. The predicted molar refractivity (Wildman–Crippen MR) is 86.9 cm³/mol. The summed E-state index contributed by atoms with van der Waals surface area (Å²) in [5.41, 5.74) is 1.02.